The van der Waals surface area contributed by atoms with Gasteiger partial charge in [-0.3, -0.25) is 4.79 Å². The van der Waals surface area contributed by atoms with Crippen molar-refractivity contribution in [2.24, 2.45) is 5.92 Å². The summed E-state index contributed by atoms with van der Waals surface area (Å²) in [4.78, 5) is 12.2. The zero-order chi connectivity index (χ0) is 17.5. The van der Waals surface area contributed by atoms with E-state index in [2.05, 4.69) is 5.16 Å². The number of rotatable bonds is 8. The molecular weight excluding hydrogens is 342 g/mol. The van der Waals surface area contributed by atoms with E-state index in [0.717, 1.165) is 38.0 Å². The molecule has 1 aromatic carbocycles. The topological polar surface area (TPSA) is 61.6 Å². The second kappa shape index (κ2) is 9.13. The third-order valence-corrected chi connectivity index (χ3v) is 4.64. The molecule has 1 aliphatic heterocycles. The largest absolute Gasteiger partial charge is 0.381 e. The highest BCUT2D eigenvalue weighted by Gasteiger charge is 2.18. The molecule has 5 nitrogen and oxygen atoms in total. The van der Waals surface area contributed by atoms with Crippen molar-refractivity contribution in [3.8, 4) is 0 Å². The van der Waals surface area contributed by atoms with Crippen molar-refractivity contribution in [2.75, 3.05) is 13.2 Å². The van der Waals surface area contributed by atoms with Gasteiger partial charge in [-0.25, -0.2) is 0 Å². The Morgan fingerprint density at radius 3 is 2.72 bits per heavy atom. The van der Waals surface area contributed by atoms with Crippen LogP contribution in [-0.4, -0.2) is 24.2 Å². The van der Waals surface area contributed by atoms with E-state index in [-0.39, 0.29) is 12.4 Å². The van der Waals surface area contributed by atoms with Gasteiger partial charge in [0.25, 0.3) is 0 Å². The SMILES string of the molecule is O=C(CCC1CCOCC1)c1cc(COCc2ccc(Cl)cc2)on1. The minimum Gasteiger partial charge on any atom is -0.381 e. The molecule has 1 fully saturated rings. The zero-order valence-corrected chi connectivity index (χ0v) is 14.8. The molecule has 1 aromatic heterocycles. The Kier molecular flexibility index (Phi) is 6.62. The smallest absolute Gasteiger partial charge is 0.184 e. The van der Waals surface area contributed by atoms with E-state index in [4.69, 9.17) is 25.6 Å². The molecule has 25 heavy (non-hydrogen) atoms. The number of hydrogen-bond acceptors (Lipinski definition) is 5. The van der Waals surface area contributed by atoms with Crippen molar-refractivity contribution in [1.29, 1.82) is 0 Å². The Labute approximate surface area is 152 Å². The van der Waals surface area contributed by atoms with Crippen molar-refractivity contribution >= 4 is 17.4 Å². The van der Waals surface area contributed by atoms with Gasteiger partial charge in [0.15, 0.2) is 11.5 Å². The summed E-state index contributed by atoms with van der Waals surface area (Å²) in [6.07, 6.45) is 3.46. The Morgan fingerprint density at radius 1 is 1.20 bits per heavy atom. The Balaban J connectivity index is 1.41. The second-order valence-corrected chi connectivity index (χ2v) is 6.75. The number of carbonyl (C=O) groups excluding carboxylic acids is 1. The molecule has 2 aromatic rings. The fourth-order valence-electron chi connectivity index (χ4n) is 2.86. The number of halogens is 1. The first kappa shape index (κ1) is 18.1. The fourth-order valence-corrected chi connectivity index (χ4v) is 2.99. The van der Waals surface area contributed by atoms with E-state index in [1.54, 1.807) is 6.07 Å². The number of nitrogens with zero attached hydrogens (tertiary/aromatic N) is 1. The van der Waals surface area contributed by atoms with Crippen LogP contribution >= 0.6 is 11.6 Å². The summed E-state index contributed by atoms with van der Waals surface area (Å²) in [5.41, 5.74) is 1.41. The number of Topliss-reactive ketones (excluding diaryl/α,β-unsaturated/α-hetero) is 1. The van der Waals surface area contributed by atoms with E-state index in [9.17, 15) is 4.79 Å². The van der Waals surface area contributed by atoms with Crippen LogP contribution in [0.5, 0.6) is 0 Å². The van der Waals surface area contributed by atoms with Crippen LogP contribution < -0.4 is 0 Å². The average Bonchev–Trinajstić information content (AvgIpc) is 3.11. The molecule has 0 aliphatic carbocycles. The van der Waals surface area contributed by atoms with E-state index in [0.29, 0.717) is 35.4 Å². The second-order valence-electron chi connectivity index (χ2n) is 6.32. The van der Waals surface area contributed by atoms with Crippen LogP contribution in [0.4, 0.5) is 0 Å². The monoisotopic (exact) mass is 363 g/mol. The van der Waals surface area contributed by atoms with Gasteiger partial charge in [0.1, 0.15) is 12.3 Å². The Hall–Kier alpha value is -1.69. The van der Waals surface area contributed by atoms with Gasteiger partial charge in [-0.1, -0.05) is 28.9 Å². The maximum Gasteiger partial charge on any atom is 0.184 e. The highest BCUT2D eigenvalue weighted by Crippen LogP contribution is 2.21. The molecule has 0 saturated carbocycles. The lowest BCUT2D eigenvalue weighted by atomic mass is 9.93. The molecule has 2 heterocycles. The molecule has 1 saturated heterocycles. The zero-order valence-electron chi connectivity index (χ0n) is 14.1. The highest BCUT2D eigenvalue weighted by molar-refractivity contribution is 6.30. The number of aromatic nitrogens is 1. The normalized spacial score (nSPS) is 15.4. The molecule has 1 aliphatic rings. The summed E-state index contributed by atoms with van der Waals surface area (Å²) in [5, 5.41) is 4.57. The minimum absolute atomic E-state index is 0.0270. The first-order chi connectivity index (χ1) is 12.2. The van der Waals surface area contributed by atoms with Gasteiger partial charge in [0.2, 0.25) is 0 Å². The number of ketones is 1. The van der Waals surface area contributed by atoms with Gasteiger partial charge in [-0.05, 0) is 42.9 Å². The summed E-state index contributed by atoms with van der Waals surface area (Å²) >= 11 is 5.85. The van der Waals surface area contributed by atoms with Crippen LogP contribution in [0.25, 0.3) is 0 Å². The van der Waals surface area contributed by atoms with Gasteiger partial charge in [-0.2, -0.15) is 0 Å². The average molecular weight is 364 g/mol. The molecule has 0 unspecified atom stereocenters. The lowest BCUT2D eigenvalue weighted by Crippen LogP contribution is -2.16. The lowest BCUT2D eigenvalue weighted by Gasteiger charge is -2.21. The van der Waals surface area contributed by atoms with E-state index in [1.165, 1.54) is 0 Å². The van der Waals surface area contributed by atoms with Crippen LogP contribution in [-0.2, 0) is 22.7 Å². The van der Waals surface area contributed by atoms with E-state index >= 15 is 0 Å². The molecule has 6 heteroatoms. The molecule has 0 radical (unpaired) electrons. The summed E-state index contributed by atoms with van der Waals surface area (Å²) in [6.45, 7) is 2.34. The molecule has 0 spiro atoms. The first-order valence-electron chi connectivity index (χ1n) is 8.59. The molecule has 134 valence electrons. The summed E-state index contributed by atoms with van der Waals surface area (Å²) < 4.78 is 16.1. The van der Waals surface area contributed by atoms with Crippen LogP contribution in [0.15, 0.2) is 34.9 Å². The molecule has 0 atom stereocenters. The molecule has 0 amide bonds. The number of carbonyl (C=O) groups is 1. The number of hydrogen-bond donors (Lipinski definition) is 0. The van der Waals surface area contributed by atoms with Crippen molar-refractivity contribution in [1.82, 2.24) is 5.16 Å². The van der Waals surface area contributed by atoms with Crippen LogP contribution in [0.3, 0.4) is 0 Å². The minimum atomic E-state index is 0.0270. The van der Waals surface area contributed by atoms with Crippen molar-refractivity contribution in [3.05, 3.63) is 52.4 Å². The summed E-state index contributed by atoms with van der Waals surface area (Å²) in [5.74, 6) is 1.16. The van der Waals surface area contributed by atoms with Gasteiger partial charge in [0.05, 0.1) is 6.61 Å². The van der Waals surface area contributed by atoms with Gasteiger partial charge in [0, 0.05) is 30.7 Å². The van der Waals surface area contributed by atoms with E-state index in [1.807, 2.05) is 24.3 Å². The highest BCUT2D eigenvalue weighted by atomic mass is 35.5. The van der Waals surface area contributed by atoms with Gasteiger partial charge in [-0.15, -0.1) is 0 Å². The predicted octanol–water partition coefficient (Wildman–Crippen LogP) is 4.43. The quantitative estimate of drug-likeness (QED) is 0.649. The number of ether oxygens (including phenoxy) is 2. The Morgan fingerprint density at radius 2 is 1.96 bits per heavy atom. The maximum atomic E-state index is 12.2. The fraction of sp³-hybridized carbons (Fsp3) is 0.474. The molecule has 0 bridgehead atoms. The number of benzene rings is 1. The molecule has 3 rings (SSSR count). The third-order valence-electron chi connectivity index (χ3n) is 4.39. The van der Waals surface area contributed by atoms with Gasteiger partial charge >= 0.3 is 0 Å². The van der Waals surface area contributed by atoms with Crippen molar-refractivity contribution in [2.45, 2.75) is 38.9 Å². The van der Waals surface area contributed by atoms with Crippen molar-refractivity contribution in [3.63, 3.8) is 0 Å². The van der Waals surface area contributed by atoms with Crippen LogP contribution in [0.2, 0.25) is 5.02 Å². The first-order valence-corrected chi connectivity index (χ1v) is 8.97. The summed E-state index contributed by atoms with van der Waals surface area (Å²) in [7, 11) is 0. The van der Waals surface area contributed by atoms with Crippen molar-refractivity contribution < 1.29 is 18.8 Å². The molecule has 0 N–H and O–H groups in total. The maximum absolute atomic E-state index is 12.2. The summed E-state index contributed by atoms with van der Waals surface area (Å²) in [6, 6.07) is 9.14. The molecular formula is C19H22ClNO4. The lowest BCUT2D eigenvalue weighted by molar-refractivity contribution is 0.0618. The van der Waals surface area contributed by atoms with Gasteiger partial charge < -0.3 is 14.0 Å². The Bertz CT molecular complexity index is 677. The predicted molar refractivity (Wildman–Crippen MR) is 93.6 cm³/mol. The third kappa shape index (κ3) is 5.66. The van der Waals surface area contributed by atoms with Crippen LogP contribution in [0, 0.1) is 5.92 Å². The standard InChI is InChI=1S/C19H22ClNO4/c20-16-4-1-15(2-5-16)12-24-13-17-11-18(21-25-17)19(22)6-3-14-7-9-23-10-8-14/h1-2,4-5,11,14H,3,6-10,12-13H2. The van der Waals surface area contributed by atoms with Crippen LogP contribution in [0.1, 0.15) is 47.5 Å². The van der Waals surface area contributed by atoms with E-state index < -0.39 is 0 Å².